The first-order chi connectivity index (χ1) is 5.63. The van der Waals surface area contributed by atoms with Crippen LogP contribution in [-0.2, 0) is 4.74 Å². The van der Waals surface area contributed by atoms with Crippen molar-refractivity contribution in [2.75, 3.05) is 13.1 Å². The van der Waals surface area contributed by atoms with E-state index < -0.39 is 0 Å². The highest BCUT2D eigenvalue weighted by Gasteiger charge is 2.25. The van der Waals surface area contributed by atoms with Crippen LogP contribution in [0.2, 0.25) is 0 Å². The quantitative estimate of drug-likeness (QED) is 0.629. The van der Waals surface area contributed by atoms with Gasteiger partial charge in [0.25, 0.3) is 0 Å². The van der Waals surface area contributed by atoms with E-state index in [0.29, 0.717) is 18.2 Å². The van der Waals surface area contributed by atoms with E-state index in [1.807, 2.05) is 0 Å². The molecule has 1 aliphatic heterocycles. The highest BCUT2D eigenvalue weighted by molar-refractivity contribution is 4.76. The number of morpholine rings is 1. The zero-order chi connectivity index (χ0) is 9.14. The molecule has 0 aromatic rings. The maximum absolute atomic E-state index is 5.77. The van der Waals surface area contributed by atoms with Gasteiger partial charge in [-0.3, -0.25) is 4.90 Å². The lowest BCUT2D eigenvalue weighted by Crippen LogP contribution is -2.49. The topological polar surface area (TPSA) is 12.5 Å². The molecule has 2 unspecified atom stereocenters. The van der Waals surface area contributed by atoms with E-state index >= 15 is 0 Å². The van der Waals surface area contributed by atoms with E-state index in [2.05, 4.69) is 32.6 Å². The van der Waals surface area contributed by atoms with Crippen LogP contribution in [0.5, 0.6) is 0 Å². The van der Waals surface area contributed by atoms with Gasteiger partial charge in [-0.2, -0.15) is 0 Å². The lowest BCUT2D eigenvalue weighted by Gasteiger charge is -2.38. The third kappa shape index (κ3) is 2.46. The first kappa shape index (κ1) is 10.0. The molecule has 12 heavy (non-hydrogen) atoms. The van der Waals surface area contributed by atoms with Gasteiger partial charge in [-0.1, -0.05) is 6.92 Å². The van der Waals surface area contributed by atoms with Crippen molar-refractivity contribution in [1.82, 2.24) is 4.90 Å². The molecule has 2 heteroatoms. The lowest BCUT2D eigenvalue weighted by molar-refractivity contribution is -0.0857. The first-order valence-electron chi connectivity index (χ1n) is 5.03. The van der Waals surface area contributed by atoms with Crippen molar-refractivity contribution in [2.45, 2.75) is 52.4 Å². The fourth-order valence-electron chi connectivity index (χ4n) is 1.73. The highest BCUT2D eigenvalue weighted by Crippen LogP contribution is 2.15. The molecule has 0 saturated carbocycles. The predicted molar refractivity (Wildman–Crippen MR) is 51.3 cm³/mol. The van der Waals surface area contributed by atoms with Gasteiger partial charge >= 0.3 is 0 Å². The van der Waals surface area contributed by atoms with Gasteiger partial charge in [0.05, 0.1) is 12.2 Å². The Morgan fingerprint density at radius 1 is 1.42 bits per heavy atom. The third-order valence-corrected chi connectivity index (χ3v) is 2.54. The van der Waals surface area contributed by atoms with Gasteiger partial charge in [0.15, 0.2) is 0 Å². The molecule has 1 heterocycles. The second-order valence-electron chi connectivity index (χ2n) is 4.02. The molecule has 1 saturated heterocycles. The molecule has 2 atom stereocenters. The van der Waals surface area contributed by atoms with Crippen molar-refractivity contribution in [1.29, 1.82) is 0 Å². The summed E-state index contributed by atoms with van der Waals surface area (Å²) in [5.74, 6) is 0. The van der Waals surface area contributed by atoms with E-state index in [1.165, 1.54) is 0 Å². The van der Waals surface area contributed by atoms with E-state index in [0.717, 1.165) is 19.5 Å². The van der Waals surface area contributed by atoms with Crippen molar-refractivity contribution in [3.8, 4) is 0 Å². The molecular formula is C10H21NO. The van der Waals surface area contributed by atoms with Crippen LogP contribution in [0.3, 0.4) is 0 Å². The third-order valence-electron chi connectivity index (χ3n) is 2.54. The summed E-state index contributed by atoms with van der Waals surface area (Å²) in [5.41, 5.74) is 0. The fourth-order valence-corrected chi connectivity index (χ4v) is 1.73. The van der Waals surface area contributed by atoms with E-state index in [4.69, 9.17) is 4.74 Å². The molecule has 1 fully saturated rings. The lowest BCUT2D eigenvalue weighted by atomic mass is 10.1. The molecular weight excluding hydrogens is 150 g/mol. The Hall–Kier alpha value is -0.0800. The van der Waals surface area contributed by atoms with Crippen LogP contribution in [0.1, 0.15) is 34.1 Å². The van der Waals surface area contributed by atoms with Crippen LogP contribution in [0.4, 0.5) is 0 Å². The minimum absolute atomic E-state index is 0.408. The molecule has 0 radical (unpaired) electrons. The van der Waals surface area contributed by atoms with Gasteiger partial charge in [-0.25, -0.2) is 0 Å². The Kier molecular flexibility index (Phi) is 3.53. The number of hydrogen-bond acceptors (Lipinski definition) is 2. The zero-order valence-electron chi connectivity index (χ0n) is 8.71. The van der Waals surface area contributed by atoms with Crippen molar-refractivity contribution in [3.63, 3.8) is 0 Å². The Bertz CT molecular complexity index is 136. The van der Waals surface area contributed by atoms with Gasteiger partial charge < -0.3 is 4.74 Å². The summed E-state index contributed by atoms with van der Waals surface area (Å²) in [4.78, 5) is 2.50. The van der Waals surface area contributed by atoms with E-state index in [1.54, 1.807) is 0 Å². The number of hydrogen-bond donors (Lipinski definition) is 0. The molecule has 72 valence electrons. The second-order valence-corrected chi connectivity index (χ2v) is 4.02. The predicted octanol–water partition coefficient (Wildman–Crippen LogP) is 1.89. The standard InChI is InChI=1S/C10H21NO/c1-5-10-7-11(8(2)3)6-9(4)12-10/h8-10H,5-7H2,1-4H3. The summed E-state index contributed by atoms with van der Waals surface area (Å²) in [6.45, 7) is 11.1. The smallest absolute Gasteiger partial charge is 0.0703 e. The molecule has 0 aromatic heterocycles. The molecule has 0 N–H and O–H groups in total. The normalized spacial score (nSPS) is 32.8. The minimum Gasteiger partial charge on any atom is -0.373 e. The molecule has 1 rings (SSSR count). The Morgan fingerprint density at radius 2 is 2.08 bits per heavy atom. The van der Waals surface area contributed by atoms with Crippen LogP contribution in [0.25, 0.3) is 0 Å². The molecule has 2 nitrogen and oxygen atoms in total. The molecule has 0 amide bonds. The maximum atomic E-state index is 5.77. The maximum Gasteiger partial charge on any atom is 0.0703 e. The summed E-state index contributed by atoms with van der Waals surface area (Å²) in [7, 11) is 0. The first-order valence-corrected chi connectivity index (χ1v) is 5.03. The summed E-state index contributed by atoms with van der Waals surface area (Å²) in [6, 6.07) is 0.658. The average Bonchev–Trinajstić information content (AvgIpc) is 2.03. The molecule has 0 spiro atoms. The number of nitrogens with zero attached hydrogens (tertiary/aromatic N) is 1. The monoisotopic (exact) mass is 171 g/mol. The van der Waals surface area contributed by atoms with Gasteiger partial charge in [0.1, 0.15) is 0 Å². The van der Waals surface area contributed by atoms with Gasteiger partial charge in [0.2, 0.25) is 0 Å². The second kappa shape index (κ2) is 4.24. The summed E-state index contributed by atoms with van der Waals surface area (Å²) in [5, 5.41) is 0. The zero-order valence-corrected chi connectivity index (χ0v) is 8.71. The van der Waals surface area contributed by atoms with Gasteiger partial charge in [-0.05, 0) is 27.2 Å². The Balaban J connectivity index is 2.45. The Morgan fingerprint density at radius 3 is 2.58 bits per heavy atom. The van der Waals surface area contributed by atoms with Crippen LogP contribution < -0.4 is 0 Å². The summed E-state index contributed by atoms with van der Waals surface area (Å²) in [6.07, 6.45) is 2.00. The van der Waals surface area contributed by atoms with Gasteiger partial charge in [0, 0.05) is 19.1 Å². The summed E-state index contributed by atoms with van der Waals surface area (Å²) >= 11 is 0. The van der Waals surface area contributed by atoms with Gasteiger partial charge in [-0.15, -0.1) is 0 Å². The molecule has 1 aliphatic rings. The van der Waals surface area contributed by atoms with Crippen molar-refractivity contribution in [3.05, 3.63) is 0 Å². The van der Waals surface area contributed by atoms with Crippen molar-refractivity contribution < 1.29 is 4.74 Å². The van der Waals surface area contributed by atoms with Crippen LogP contribution in [0.15, 0.2) is 0 Å². The van der Waals surface area contributed by atoms with Crippen LogP contribution in [-0.4, -0.2) is 36.2 Å². The number of ether oxygens (including phenoxy) is 1. The molecule has 0 bridgehead atoms. The van der Waals surface area contributed by atoms with Crippen LogP contribution >= 0.6 is 0 Å². The summed E-state index contributed by atoms with van der Waals surface area (Å²) < 4.78 is 5.77. The van der Waals surface area contributed by atoms with E-state index in [9.17, 15) is 0 Å². The fraction of sp³-hybridized carbons (Fsp3) is 1.00. The molecule has 0 aliphatic carbocycles. The SMILES string of the molecule is CCC1CN(C(C)C)CC(C)O1. The Labute approximate surface area is 75.9 Å². The number of rotatable bonds is 2. The average molecular weight is 171 g/mol. The molecule has 0 aromatic carbocycles. The van der Waals surface area contributed by atoms with E-state index in [-0.39, 0.29) is 0 Å². The van der Waals surface area contributed by atoms with Crippen LogP contribution in [0, 0.1) is 0 Å². The van der Waals surface area contributed by atoms with Crippen molar-refractivity contribution >= 4 is 0 Å². The largest absolute Gasteiger partial charge is 0.373 e. The van der Waals surface area contributed by atoms with Crippen molar-refractivity contribution in [2.24, 2.45) is 0 Å². The highest BCUT2D eigenvalue weighted by atomic mass is 16.5. The minimum atomic E-state index is 0.408.